The van der Waals surface area contributed by atoms with Gasteiger partial charge in [-0.3, -0.25) is 34.6 Å². The molecule has 1 aliphatic heterocycles. The molecule has 0 aliphatic carbocycles. The summed E-state index contributed by atoms with van der Waals surface area (Å²) in [6.45, 7) is 4.89. The van der Waals surface area contributed by atoms with Crippen molar-refractivity contribution in [1.82, 2.24) is 30.4 Å². The highest BCUT2D eigenvalue weighted by Crippen LogP contribution is 2.39. The molecule has 1 aliphatic rings. The minimum atomic E-state index is -5.56. The lowest BCUT2D eigenvalue weighted by atomic mass is 9.76. The average molecular weight is 952 g/mol. The Hall–Kier alpha value is -6.14. The third-order valence-corrected chi connectivity index (χ3v) is 10.00. The average Bonchev–Trinajstić information content (AvgIpc) is 3.81. The van der Waals surface area contributed by atoms with Crippen molar-refractivity contribution in [1.29, 1.82) is 0 Å². The molecule has 0 saturated heterocycles. The number of carbonyl (C=O) groups excluding carboxylic acids is 6. The minimum absolute atomic E-state index is 0.00588. The van der Waals surface area contributed by atoms with Gasteiger partial charge in [-0.1, -0.05) is 51.1 Å². The molecule has 366 valence electrons. The Balaban J connectivity index is 1.28. The second kappa shape index (κ2) is 24.6. The fraction of sp³-hybridized carbons (Fsp3) is 0.477. The van der Waals surface area contributed by atoms with Crippen LogP contribution in [-0.2, 0) is 54.3 Å². The number of nitrogens with two attached hydrogens (primary N) is 1. The minimum Gasteiger partial charge on any atom is -0.428 e. The maximum Gasteiger partial charge on any atom is 0.491 e. The SMILES string of the molecule is CC(C)(C)[C@H](c1nc(-c2cc(F)ccc2F)cn1Cc1ccccc1)[C@H](O)C(=O)NCC[C@](N)(OC(=O)C(F)(F)F)C(=O)NCCNC(=O)CCOCCOCCOCCN1C(=O)C=CC1=O. The lowest BCUT2D eigenvalue weighted by Crippen LogP contribution is -2.60. The molecular weight excluding hydrogens is 898 g/mol. The zero-order valence-corrected chi connectivity index (χ0v) is 37.0. The number of alkyl halides is 3. The van der Waals surface area contributed by atoms with Crippen molar-refractivity contribution >= 4 is 35.5 Å². The van der Waals surface area contributed by atoms with Gasteiger partial charge < -0.3 is 44.6 Å². The van der Waals surface area contributed by atoms with E-state index in [4.69, 9.17) is 19.9 Å². The van der Waals surface area contributed by atoms with Crippen LogP contribution >= 0.6 is 0 Å². The van der Waals surface area contributed by atoms with Crippen LogP contribution in [0.4, 0.5) is 22.0 Å². The molecule has 18 nitrogen and oxygen atoms in total. The molecule has 0 unspecified atom stereocenters. The molecule has 2 heterocycles. The summed E-state index contributed by atoms with van der Waals surface area (Å²) in [7, 11) is 0. The number of hydrogen-bond acceptors (Lipinski definition) is 13. The molecule has 3 atom stereocenters. The van der Waals surface area contributed by atoms with E-state index in [-0.39, 0.29) is 89.3 Å². The number of aliphatic hydroxyl groups excluding tert-OH is 1. The van der Waals surface area contributed by atoms with Crippen molar-refractivity contribution in [2.75, 3.05) is 65.8 Å². The second-order valence-corrected chi connectivity index (χ2v) is 16.2. The van der Waals surface area contributed by atoms with Gasteiger partial charge in [0.2, 0.25) is 17.5 Å². The van der Waals surface area contributed by atoms with Crippen LogP contribution in [0, 0.1) is 17.0 Å². The van der Waals surface area contributed by atoms with E-state index in [1.807, 2.05) is 0 Å². The molecule has 6 N–H and O–H groups in total. The molecule has 67 heavy (non-hydrogen) atoms. The Morgan fingerprint density at radius 1 is 0.821 bits per heavy atom. The third kappa shape index (κ3) is 16.3. The number of halogens is 5. The standard InChI is InChI=1S/C44H54F5N7O11/c1-42(2,3)36(38-54-32(30-25-29(45)9-10-31(30)46)27-55(38)26-28-7-5-4-6-8-28)37(60)39(61)52-15-14-43(50,67-41(63)44(47,48)49)40(62)53-17-16-51-33(57)13-19-64-21-23-66-24-22-65-20-18-56-34(58)11-12-35(56)59/h4-12,25,27,36-37,60H,13-24,26,50H2,1-3H3,(H,51,57)(H,52,61)(H,53,62)/t36-,37-,43-/m0/s1. The fourth-order valence-electron chi connectivity index (χ4n) is 6.60. The number of imidazole rings is 1. The molecule has 3 aromatic rings. The summed E-state index contributed by atoms with van der Waals surface area (Å²) < 4.78 is 91.0. The highest BCUT2D eigenvalue weighted by Gasteiger charge is 2.48. The Bertz CT molecular complexity index is 2200. The van der Waals surface area contributed by atoms with Gasteiger partial charge in [0.15, 0.2) is 0 Å². The number of hydrogen-bond donors (Lipinski definition) is 5. The van der Waals surface area contributed by atoms with Gasteiger partial charge in [0.25, 0.3) is 17.7 Å². The zero-order valence-electron chi connectivity index (χ0n) is 37.0. The summed E-state index contributed by atoms with van der Waals surface area (Å²) in [5.41, 5.74) is 2.57. The van der Waals surface area contributed by atoms with Crippen LogP contribution in [0.1, 0.15) is 50.9 Å². The van der Waals surface area contributed by atoms with Crippen molar-refractivity contribution in [3.05, 3.63) is 89.9 Å². The normalized spacial score (nSPS) is 14.7. The van der Waals surface area contributed by atoms with Crippen LogP contribution in [-0.4, -0.2) is 139 Å². The lowest BCUT2D eigenvalue weighted by molar-refractivity contribution is -0.214. The number of esters is 1. The van der Waals surface area contributed by atoms with E-state index in [0.717, 1.165) is 28.7 Å². The molecule has 0 radical (unpaired) electrons. The van der Waals surface area contributed by atoms with Crippen LogP contribution in [0.5, 0.6) is 0 Å². The topological polar surface area (TPSA) is 243 Å². The molecule has 4 rings (SSSR count). The molecular formula is C44H54F5N7O11. The summed E-state index contributed by atoms with van der Waals surface area (Å²) in [6.07, 6.45) is -4.69. The van der Waals surface area contributed by atoms with Crippen LogP contribution in [0.3, 0.4) is 0 Å². The van der Waals surface area contributed by atoms with Crippen molar-refractivity contribution < 1.29 is 74.8 Å². The van der Waals surface area contributed by atoms with E-state index in [0.29, 0.717) is 0 Å². The van der Waals surface area contributed by atoms with Crippen molar-refractivity contribution in [2.45, 2.75) is 64.1 Å². The summed E-state index contributed by atoms with van der Waals surface area (Å²) in [5.74, 6) is -9.14. The first kappa shape index (κ1) is 53.5. The van der Waals surface area contributed by atoms with E-state index in [1.165, 1.54) is 18.3 Å². The smallest absolute Gasteiger partial charge is 0.428 e. The second-order valence-electron chi connectivity index (χ2n) is 16.2. The summed E-state index contributed by atoms with van der Waals surface area (Å²) in [5, 5.41) is 18.6. The van der Waals surface area contributed by atoms with Gasteiger partial charge in [0, 0.05) is 62.9 Å². The Kier molecular flexibility index (Phi) is 19.6. The van der Waals surface area contributed by atoms with Gasteiger partial charge in [0.05, 0.1) is 57.8 Å². The van der Waals surface area contributed by atoms with Crippen molar-refractivity contribution in [3.8, 4) is 11.3 Å². The molecule has 2 aromatic carbocycles. The molecule has 0 fully saturated rings. The molecule has 5 amide bonds. The maximum absolute atomic E-state index is 14.9. The highest BCUT2D eigenvalue weighted by molar-refractivity contribution is 6.12. The number of ether oxygens (including phenoxy) is 4. The molecule has 0 bridgehead atoms. The first-order chi connectivity index (χ1) is 31.6. The quantitative estimate of drug-likeness (QED) is 0.0255. The number of aromatic nitrogens is 2. The summed E-state index contributed by atoms with van der Waals surface area (Å²) in [4.78, 5) is 79.4. The zero-order chi connectivity index (χ0) is 49.4. The van der Waals surface area contributed by atoms with Gasteiger partial charge >= 0.3 is 12.1 Å². The van der Waals surface area contributed by atoms with E-state index < -0.39 is 89.4 Å². The molecule has 23 heteroatoms. The predicted molar refractivity (Wildman–Crippen MR) is 227 cm³/mol. The van der Waals surface area contributed by atoms with E-state index in [1.54, 1.807) is 55.7 Å². The van der Waals surface area contributed by atoms with Crippen LogP contribution in [0.15, 0.2) is 66.9 Å². The van der Waals surface area contributed by atoms with Crippen molar-refractivity contribution in [3.63, 3.8) is 0 Å². The van der Waals surface area contributed by atoms with Crippen molar-refractivity contribution in [2.24, 2.45) is 11.1 Å². The maximum atomic E-state index is 14.9. The number of rotatable bonds is 26. The first-order valence-electron chi connectivity index (χ1n) is 21.0. The largest absolute Gasteiger partial charge is 0.491 e. The lowest BCUT2D eigenvalue weighted by Gasteiger charge is -2.34. The van der Waals surface area contributed by atoms with Gasteiger partial charge in [0.1, 0.15) is 23.6 Å². The van der Waals surface area contributed by atoms with Crippen LogP contribution < -0.4 is 21.7 Å². The van der Waals surface area contributed by atoms with E-state index in [9.17, 15) is 55.8 Å². The number of nitrogens with zero attached hydrogens (tertiary/aromatic N) is 3. The molecule has 1 aromatic heterocycles. The summed E-state index contributed by atoms with van der Waals surface area (Å²) in [6, 6.07) is 11.8. The number of amides is 5. The Morgan fingerprint density at radius 2 is 1.43 bits per heavy atom. The number of benzene rings is 2. The summed E-state index contributed by atoms with van der Waals surface area (Å²) >= 11 is 0. The number of aliphatic hydroxyl groups is 1. The van der Waals surface area contributed by atoms with E-state index in [2.05, 4.69) is 25.7 Å². The number of carbonyl (C=O) groups is 6. The van der Waals surface area contributed by atoms with Gasteiger partial charge in [-0.25, -0.2) is 18.6 Å². The first-order valence-corrected chi connectivity index (χ1v) is 21.0. The monoisotopic (exact) mass is 951 g/mol. The molecule has 0 spiro atoms. The van der Waals surface area contributed by atoms with Gasteiger partial charge in [-0.05, 0) is 29.2 Å². The Morgan fingerprint density at radius 3 is 2.06 bits per heavy atom. The van der Waals surface area contributed by atoms with Crippen LogP contribution in [0.2, 0.25) is 0 Å². The highest BCUT2D eigenvalue weighted by atomic mass is 19.4. The van der Waals surface area contributed by atoms with Crippen LogP contribution in [0.25, 0.3) is 11.3 Å². The number of nitrogens with one attached hydrogen (secondary N) is 3. The number of imide groups is 1. The fourth-order valence-corrected chi connectivity index (χ4v) is 6.60. The predicted octanol–water partition coefficient (Wildman–Crippen LogP) is 2.23. The molecule has 0 saturated carbocycles. The third-order valence-electron chi connectivity index (χ3n) is 10.00. The van der Waals surface area contributed by atoms with Gasteiger partial charge in [-0.2, -0.15) is 13.2 Å². The van der Waals surface area contributed by atoms with E-state index >= 15 is 0 Å². The Labute approximate surface area is 382 Å². The van der Waals surface area contributed by atoms with Gasteiger partial charge in [-0.15, -0.1) is 0 Å².